The second-order valence-corrected chi connectivity index (χ2v) is 5.72. The van der Waals surface area contributed by atoms with Crippen LogP contribution in [0.1, 0.15) is 0 Å². The van der Waals surface area contributed by atoms with Gasteiger partial charge in [0.15, 0.2) is 14.9 Å². The zero-order valence-electron chi connectivity index (χ0n) is 9.99. The smallest absolute Gasteiger partial charge is 0.194 e. The largest absolute Gasteiger partial charge is 0.497 e. The van der Waals surface area contributed by atoms with Gasteiger partial charge in [-0.25, -0.2) is 8.42 Å². The molecule has 0 aliphatic heterocycles. The fraction of sp³-hybridized carbons (Fsp3) is 0.167. The Bertz CT molecular complexity index is 634. The van der Waals surface area contributed by atoms with E-state index in [9.17, 15) is 8.42 Å². The molecule has 0 amide bonds. The number of methoxy groups -OCH3 is 1. The van der Waals surface area contributed by atoms with E-state index in [1.807, 2.05) is 24.3 Å². The highest BCUT2D eigenvalue weighted by Crippen LogP contribution is 2.20. The third-order valence-corrected chi connectivity index (χ3v) is 3.38. The van der Waals surface area contributed by atoms with Crippen LogP contribution in [-0.2, 0) is 9.84 Å². The molecule has 2 aromatic rings. The van der Waals surface area contributed by atoms with Crippen molar-refractivity contribution < 1.29 is 13.2 Å². The molecule has 1 heterocycles. The van der Waals surface area contributed by atoms with Crippen LogP contribution in [0.15, 0.2) is 41.4 Å². The first kappa shape index (κ1) is 12.5. The van der Waals surface area contributed by atoms with Crippen LogP contribution < -0.4 is 4.74 Å². The molecule has 6 heteroatoms. The molecule has 0 unspecified atom stereocenters. The van der Waals surface area contributed by atoms with Crippen LogP contribution in [0.25, 0.3) is 11.3 Å². The Kier molecular flexibility index (Phi) is 3.29. The molecule has 0 atom stereocenters. The van der Waals surface area contributed by atoms with E-state index < -0.39 is 9.84 Å². The summed E-state index contributed by atoms with van der Waals surface area (Å²) in [7, 11) is -1.71. The van der Waals surface area contributed by atoms with Crippen LogP contribution in [0.3, 0.4) is 0 Å². The van der Waals surface area contributed by atoms with Crippen molar-refractivity contribution in [1.29, 1.82) is 0 Å². The fourth-order valence-corrected chi connectivity index (χ4v) is 1.94. The third kappa shape index (κ3) is 2.65. The molecule has 0 N–H and O–H groups in total. The topological polar surface area (TPSA) is 69.2 Å². The summed E-state index contributed by atoms with van der Waals surface area (Å²) in [5, 5.41) is 7.57. The molecular formula is C12H12N2O3S. The van der Waals surface area contributed by atoms with E-state index >= 15 is 0 Å². The van der Waals surface area contributed by atoms with Crippen molar-refractivity contribution in [2.75, 3.05) is 13.4 Å². The molecule has 0 aliphatic carbocycles. The lowest BCUT2D eigenvalue weighted by Gasteiger charge is -2.03. The summed E-state index contributed by atoms with van der Waals surface area (Å²) in [5.41, 5.74) is 1.47. The van der Waals surface area contributed by atoms with Crippen molar-refractivity contribution in [2.45, 2.75) is 5.03 Å². The van der Waals surface area contributed by atoms with Crippen LogP contribution in [0.2, 0.25) is 0 Å². The van der Waals surface area contributed by atoms with Gasteiger partial charge in [-0.05, 0) is 36.4 Å². The molecule has 0 saturated carbocycles. The Balaban J connectivity index is 2.34. The van der Waals surface area contributed by atoms with Crippen LogP contribution in [-0.4, -0.2) is 32.0 Å². The average Bonchev–Trinajstić information content (AvgIpc) is 2.38. The highest BCUT2D eigenvalue weighted by molar-refractivity contribution is 7.90. The Morgan fingerprint density at radius 2 is 1.67 bits per heavy atom. The van der Waals surface area contributed by atoms with Gasteiger partial charge in [0.2, 0.25) is 0 Å². The molecule has 0 radical (unpaired) electrons. The fourth-order valence-electron chi connectivity index (χ4n) is 1.43. The van der Waals surface area contributed by atoms with Crippen LogP contribution in [0, 0.1) is 0 Å². The van der Waals surface area contributed by atoms with Gasteiger partial charge < -0.3 is 4.74 Å². The predicted molar refractivity (Wildman–Crippen MR) is 67.1 cm³/mol. The summed E-state index contributed by atoms with van der Waals surface area (Å²) in [6, 6.07) is 10.4. The molecule has 0 saturated heterocycles. The van der Waals surface area contributed by atoms with Gasteiger partial charge in [0.1, 0.15) is 5.75 Å². The Labute approximate surface area is 105 Å². The van der Waals surface area contributed by atoms with E-state index in [2.05, 4.69) is 10.2 Å². The monoisotopic (exact) mass is 264 g/mol. The summed E-state index contributed by atoms with van der Waals surface area (Å²) < 4.78 is 27.5. The third-order valence-electron chi connectivity index (χ3n) is 2.41. The molecule has 18 heavy (non-hydrogen) atoms. The van der Waals surface area contributed by atoms with E-state index in [-0.39, 0.29) is 5.03 Å². The van der Waals surface area contributed by atoms with Crippen molar-refractivity contribution in [2.24, 2.45) is 0 Å². The highest BCUT2D eigenvalue weighted by atomic mass is 32.2. The molecule has 0 fully saturated rings. The van der Waals surface area contributed by atoms with Crippen LogP contribution in [0.4, 0.5) is 0 Å². The normalized spacial score (nSPS) is 11.2. The maximum absolute atomic E-state index is 11.2. The molecular weight excluding hydrogens is 252 g/mol. The first-order chi connectivity index (χ1) is 8.50. The minimum atomic E-state index is -3.31. The van der Waals surface area contributed by atoms with Gasteiger partial charge in [-0.2, -0.15) is 0 Å². The number of benzene rings is 1. The maximum atomic E-state index is 11.2. The molecule has 0 bridgehead atoms. The van der Waals surface area contributed by atoms with Crippen molar-refractivity contribution in [3.63, 3.8) is 0 Å². The molecule has 0 aliphatic rings. The molecule has 1 aromatic carbocycles. The summed E-state index contributed by atoms with van der Waals surface area (Å²) in [4.78, 5) is 0. The second kappa shape index (κ2) is 4.73. The van der Waals surface area contributed by atoms with Gasteiger partial charge in [0.05, 0.1) is 12.8 Å². The number of hydrogen-bond acceptors (Lipinski definition) is 5. The molecule has 94 valence electrons. The predicted octanol–water partition coefficient (Wildman–Crippen LogP) is 1.56. The lowest BCUT2D eigenvalue weighted by Crippen LogP contribution is -2.02. The van der Waals surface area contributed by atoms with E-state index in [4.69, 9.17) is 4.74 Å². The zero-order valence-corrected chi connectivity index (χ0v) is 10.8. The summed E-state index contributed by atoms with van der Waals surface area (Å²) in [6.45, 7) is 0. The number of aromatic nitrogens is 2. The lowest BCUT2D eigenvalue weighted by molar-refractivity contribution is 0.415. The minimum absolute atomic E-state index is 0.0280. The number of nitrogens with zero attached hydrogens (tertiary/aromatic N) is 2. The quantitative estimate of drug-likeness (QED) is 0.841. The number of sulfone groups is 1. The minimum Gasteiger partial charge on any atom is -0.497 e. The molecule has 1 aromatic heterocycles. The van der Waals surface area contributed by atoms with Gasteiger partial charge in [0, 0.05) is 11.8 Å². The Morgan fingerprint density at radius 1 is 1.00 bits per heavy atom. The molecule has 2 rings (SSSR count). The van der Waals surface area contributed by atoms with Crippen LogP contribution >= 0.6 is 0 Å². The first-order valence-electron chi connectivity index (χ1n) is 5.19. The zero-order chi connectivity index (χ0) is 13.2. The van der Waals surface area contributed by atoms with Crippen molar-refractivity contribution in [1.82, 2.24) is 10.2 Å². The van der Waals surface area contributed by atoms with Crippen molar-refractivity contribution >= 4 is 9.84 Å². The summed E-state index contributed by atoms with van der Waals surface area (Å²) in [6.07, 6.45) is 1.10. The Hall–Kier alpha value is -1.95. The van der Waals surface area contributed by atoms with Gasteiger partial charge in [0.25, 0.3) is 0 Å². The summed E-state index contributed by atoms with van der Waals surface area (Å²) >= 11 is 0. The second-order valence-electron chi connectivity index (χ2n) is 3.76. The van der Waals surface area contributed by atoms with E-state index in [0.29, 0.717) is 5.69 Å². The van der Waals surface area contributed by atoms with Crippen LogP contribution in [0.5, 0.6) is 5.75 Å². The van der Waals surface area contributed by atoms with E-state index in [1.165, 1.54) is 6.07 Å². The van der Waals surface area contributed by atoms with Gasteiger partial charge in [-0.15, -0.1) is 10.2 Å². The van der Waals surface area contributed by atoms with E-state index in [0.717, 1.165) is 17.6 Å². The van der Waals surface area contributed by atoms with E-state index in [1.54, 1.807) is 13.2 Å². The highest BCUT2D eigenvalue weighted by Gasteiger charge is 2.09. The van der Waals surface area contributed by atoms with Gasteiger partial charge >= 0.3 is 0 Å². The van der Waals surface area contributed by atoms with Crippen molar-refractivity contribution in [3.8, 4) is 17.0 Å². The number of rotatable bonds is 3. The van der Waals surface area contributed by atoms with Gasteiger partial charge in [-0.3, -0.25) is 0 Å². The SMILES string of the molecule is COc1ccc(-c2ccc(S(C)(=O)=O)nn2)cc1. The first-order valence-corrected chi connectivity index (χ1v) is 7.08. The number of ether oxygens (including phenoxy) is 1. The van der Waals surface area contributed by atoms with Crippen molar-refractivity contribution in [3.05, 3.63) is 36.4 Å². The van der Waals surface area contributed by atoms with Gasteiger partial charge in [-0.1, -0.05) is 0 Å². The number of hydrogen-bond donors (Lipinski definition) is 0. The average molecular weight is 264 g/mol. The standard InChI is InChI=1S/C12H12N2O3S/c1-17-10-5-3-9(4-6-10)11-7-8-12(14-13-11)18(2,15)16/h3-8H,1-2H3. The Morgan fingerprint density at radius 3 is 2.11 bits per heavy atom. The summed E-state index contributed by atoms with van der Waals surface area (Å²) in [5.74, 6) is 0.750. The maximum Gasteiger partial charge on any atom is 0.194 e. The molecule has 0 spiro atoms. The lowest BCUT2D eigenvalue weighted by atomic mass is 10.1. The molecule has 5 nitrogen and oxygen atoms in total.